The molecule has 1 aromatic carbocycles. The van der Waals surface area contributed by atoms with Gasteiger partial charge in [-0.25, -0.2) is 0 Å². The number of benzene rings is 1. The molecule has 5 heteroatoms. The molecule has 1 amide bonds. The fourth-order valence-electron chi connectivity index (χ4n) is 1.44. The highest BCUT2D eigenvalue weighted by atomic mass is 79.9. The molecule has 0 bridgehead atoms. The van der Waals surface area contributed by atoms with Crippen molar-refractivity contribution in [2.75, 3.05) is 4.90 Å². The average molecular weight is 285 g/mol. The van der Waals surface area contributed by atoms with Crippen molar-refractivity contribution in [3.8, 4) is 0 Å². The highest BCUT2D eigenvalue weighted by molar-refractivity contribution is 9.10. The minimum atomic E-state index is -0.235. The highest BCUT2D eigenvalue weighted by Gasteiger charge is 2.33. The van der Waals surface area contributed by atoms with Crippen molar-refractivity contribution >= 4 is 44.9 Å². The van der Waals surface area contributed by atoms with Gasteiger partial charge in [-0.2, -0.15) is 0 Å². The Bertz CT molecular complexity index is 418. The zero-order valence-corrected chi connectivity index (χ0v) is 10.4. The summed E-state index contributed by atoms with van der Waals surface area (Å²) in [5, 5.41) is 3.39. The van der Waals surface area contributed by atoms with Crippen LogP contribution in [0.15, 0.2) is 28.7 Å². The molecule has 1 atom stereocenters. The molecule has 3 nitrogen and oxygen atoms in total. The number of halogens is 1. The summed E-state index contributed by atoms with van der Waals surface area (Å²) in [5.41, 5.74) is 0.796. The van der Waals surface area contributed by atoms with Gasteiger partial charge in [-0.05, 0) is 43.4 Å². The SMILES string of the molecule is C[C@@H]1NC(=S)N(c2ccc(Br)cc2)C1=O. The van der Waals surface area contributed by atoms with E-state index in [4.69, 9.17) is 12.2 Å². The first-order valence-electron chi connectivity index (χ1n) is 4.49. The molecule has 1 N–H and O–H groups in total. The second kappa shape index (κ2) is 3.90. The lowest BCUT2D eigenvalue weighted by molar-refractivity contribution is -0.117. The van der Waals surface area contributed by atoms with E-state index in [1.165, 1.54) is 4.90 Å². The lowest BCUT2D eigenvalue weighted by Crippen LogP contribution is -2.30. The van der Waals surface area contributed by atoms with Crippen LogP contribution in [0.25, 0.3) is 0 Å². The first kappa shape index (κ1) is 10.6. The Morgan fingerprint density at radius 1 is 1.40 bits per heavy atom. The van der Waals surface area contributed by atoms with E-state index >= 15 is 0 Å². The van der Waals surface area contributed by atoms with Crippen LogP contribution in [0.5, 0.6) is 0 Å². The first-order valence-corrected chi connectivity index (χ1v) is 5.70. The lowest BCUT2D eigenvalue weighted by Gasteiger charge is -2.14. The molecule has 78 valence electrons. The number of anilines is 1. The normalized spacial score (nSPS) is 20.7. The molecule has 0 saturated carbocycles. The van der Waals surface area contributed by atoms with E-state index in [-0.39, 0.29) is 11.9 Å². The minimum Gasteiger partial charge on any atom is -0.350 e. The maximum absolute atomic E-state index is 11.8. The molecule has 1 aliphatic heterocycles. The van der Waals surface area contributed by atoms with E-state index in [1.807, 2.05) is 24.3 Å². The summed E-state index contributed by atoms with van der Waals surface area (Å²) < 4.78 is 0.977. The maximum atomic E-state index is 11.8. The van der Waals surface area contributed by atoms with Crippen LogP contribution in [0.2, 0.25) is 0 Å². The van der Waals surface area contributed by atoms with Crippen LogP contribution in [0.3, 0.4) is 0 Å². The van der Waals surface area contributed by atoms with Gasteiger partial charge in [0.05, 0.1) is 5.69 Å². The average Bonchev–Trinajstić information content (AvgIpc) is 2.44. The summed E-state index contributed by atoms with van der Waals surface area (Å²) in [7, 11) is 0. The van der Waals surface area contributed by atoms with Crippen molar-refractivity contribution in [3.05, 3.63) is 28.7 Å². The summed E-state index contributed by atoms with van der Waals surface area (Å²) in [6, 6.07) is 7.24. The second-order valence-electron chi connectivity index (χ2n) is 3.32. The van der Waals surface area contributed by atoms with Crippen molar-refractivity contribution < 1.29 is 4.79 Å². The van der Waals surface area contributed by atoms with Crippen molar-refractivity contribution in [1.82, 2.24) is 5.32 Å². The minimum absolute atomic E-state index is 0.0117. The fraction of sp³-hybridized carbons (Fsp3) is 0.200. The molecule has 1 aromatic rings. The van der Waals surface area contributed by atoms with Crippen LogP contribution in [0.4, 0.5) is 5.69 Å². The number of nitrogens with one attached hydrogen (secondary N) is 1. The van der Waals surface area contributed by atoms with Crippen LogP contribution >= 0.6 is 28.1 Å². The van der Waals surface area contributed by atoms with Crippen LogP contribution in [-0.2, 0) is 4.79 Å². The number of carbonyl (C=O) groups excluding carboxylic acids is 1. The molecule has 0 spiro atoms. The van der Waals surface area contributed by atoms with Gasteiger partial charge in [0.2, 0.25) is 0 Å². The van der Waals surface area contributed by atoms with Crippen LogP contribution < -0.4 is 10.2 Å². The molecular weight excluding hydrogens is 276 g/mol. The van der Waals surface area contributed by atoms with Crippen molar-refractivity contribution in [2.45, 2.75) is 13.0 Å². The molecule has 1 fully saturated rings. The number of hydrogen-bond donors (Lipinski definition) is 1. The summed E-state index contributed by atoms with van der Waals surface area (Å²) in [5.74, 6) is -0.0117. The molecule has 1 saturated heterocycles. The smallest absolute Gasteiger partial charge is 0.255 e. The third-order valence-electron chi connectivity index (χ3n) is 2.22. The van der Waals surface area contributed by atoms with Gasteiger partial charge in [0, 0.05) is 4.47 Å². The highest BCUT2D eigenvalue weighted by Crippen LogP contribution is 2.21. The second-order valence-corrected chi connectivity index (χ2v) is 4.62. The summed E-state index contributed by atoms with van der Waals surface area (Å²) in [4.78, 5) is 13.3. The zero-order valence-electron chi connectivity index (χ0n) is 8.03. The van der Waals surface area contributed by atoms with Crippen LogP contribution in [-0.4, -0.2) is 17.1 Å². The summed E-state index contributed by atoms with van der Waals surface area (Å²) >= 11 is 8.44. The number of hydrogen-bond acceptors (Lipinski definition) is 2. The van der Waals surface area contributed by atoms with Crippen LogP contribution in [0, 0.1) is 0 Å². The number of carbonyl (C=O) groups is 1. The third-order valence-corrected chi connectivity index (χ3v) is 3.05. The molecule has 2 rings (SSSR count). The van der Waals surface area contributed by atoms with Gasteiger partial charge < -0.3 is 5.32 Å². The summed E-state index contributed by atoms with van der Waals surface area (Å²) in [6.07, 6.45) is 0. The van der Waals surface area contributed by atoms with Gasteiger partial charge in [0.15, 0.2) is 5.11 Å². The Hall–Kier alpha value is -0.940. The third kappa shape index (κ3) is 1.89. The number of rotatable bonds is 1. The molecule has 0 aromatic heterocycles. The Labute approximate surface area is 102 Å². The van der Waals surface area contributed by atoms with Gasteiger partial charge in [0.1, 0.15) is 6.04 Å². The monoisotopic (exact) mass is 284 g/mol. The Kier molecular flexibility index (Phi) is 2.75. The zero-order chi connectivity index (χ0) is 11.0. The topological polar surface area (TPSA) is 32.3 Å². The van der Waals surface area contributed by atoms with Gasteiger partial charge in [-0.1, -0.05) is 15.9 Å². The molecule has 0 radical (unpaired) electrons. The Morgan fingerprint density at radius 3 is 2.47 bits per heavy atom. The van der Waals surface area contributed by atoms with Crippen molar-refractivity contribution in [1.29, 1.82) is 0 Å². The molecule has 0 unspecified atom stereocenters. The molecular formula is C10H9BrN2OS. The Morgan fingerprint density at radius 2 is 2.00 bits per heavy atom. The summed E-state index contributed by atoms with van der Waals surface area (Å²) in [6.45, 7) is 1.80. The lowest BCUT2D eigenvalue weighted by atomic mass is 10.3. The molecule has 15 heavy (non-hydrogen) atoms. The molecule has 0 aliphatic carbocycles. The van der Waals surface area contributed by atoms with Gasteiger partial charge in [0.25, 0.3) is 5.91 Å². The molecule has 1 heterocycles. The van der Waals surface area contributed by atoms with Gasteiger partial charge in [-0.15, -0.1) is 0 Å². The fourth-order valence-corrected chi connectivity index (χ4v) is 2.08. The number of thiocarbonyl (C=S) groups is 1. The predicted octanol–water partition coefficient (Wildman–Crippen LogP) is 2.06. The van der Waals surface area contributed by atoms with E-state index in [9.17, 15) is 4.79 Å². The standard InChI is InChI=1S/C10H9BrN2OS/c1-6-9(14)13(10(15)12-6)8-4-2-7(11)3-5-8/h2-6H,1H3,(H,12,15)/t6-/m0/s1. The number of nitrogens with zero attached hydrogens (tertiary/aromatic N) is 1. The van der Waals surface area contributed by atoms with Gasteiger partial charge in [-0.3, -0.25) is 9.69 Å². The van der Waals surface area contributed by atoms with E-state index in [1.54, 1.807) is 6.92 Å². The largest absolute Gasteiger partial charge is 0.350 e. The maximum Gasteiger partial charge on any atom is 0.255 e. The first-order chi connectivity index (χ1) is 7.09. The van der Waals surface area contributed by atoms with Crippen molar-refractivity contribution in [3.63, 3.8) is 0 Å². The van der Waals surface area contributed by atoms with Gasteiger partial charge >= 0.3 is 0 Å². The van der Waals surface area contributed by atoms with E-state index < -0.39 is 0 Å². The van der Waals surface area contributed by atoms with E-state index in [0.29, 0.717) is 5.11 Å². The number of amides is 1. The quantitative estimate of drug-likeness (QED) is 0.802. The van der Waals surface area contributed by atoms with Crippen molar-refractivity contribution in [2.24, 2.45) is 0 Å². The molecule has 1 aliphatic rings. The van der Waals surface area contributed by atoms with E-state index in [2.05, 4.69) is 21.2 Å². The Balaban J connectivity index is 2.35. The van der Waals surface area contributed by atoms with Crippen LogP contribution in [0.1, 0.15) is 6.92 Å². The predicted molar refractivity (Wildman–Crippen MR) is 66.8 cm³/mol. The van der Waals surface area contributed by atoms with E-state index in [0.717, 1.165) is 10.2 Å².